The number of amides is 1. The van der Waals surface area contributed by atoms with Crippen LogP contribution >= 0.6 is 0 Å². The van der Waals surface area contributed by atoms with Crippen LogP contribution in [0.1, 0.15) is 38.2 Å². The van der Waals surface area contributed by atoms with Crippen molar-refractivity contribution in [3.05, 3.63) is 29.8 Å². The van der Waals surface area contributed by atoms with Gasteiger partial charge in [-0.15, -0.1) is 0 Å². The number of ether oxygens (including phenoxy) is 1. The minimum absolute atomic E-state index is 0.0496. The molecule has 1 amide bonds. The molecule has 0 aliphatic carbocycles. The van der Waals surface area contributed by atoms with E-state index >= 15 is 0 Å². The molecule has 2 rings (SSSR count). The molecular formula is C15H19F2NO2. The first kappa shape index (κ1) is 14.8. The normalized spacial score (nSPS) is 22.4. The Morgan fingerprint density at radius 1 is 1.30 bits per heavy atom. The summed E-state index contributed by atoms with van der Waals surface area (Å²) in [5, 5.41) is 2.99. The number of carbonyl (C=O) groups is 1. The van der Waals surface area contributed by atoms with E-state index in [-0.39, 0.29) is 23.6 Å². The lowest BCUT2D eigenvalue weighted by Gasteiger charge is -2.21. The van der Waals surface area contributed by atoms with E-state index in [4.69, 9.17) is 0 Å². The van der Waals surface area contributed by atoms with Gasteiger partial charge < -0.3 is 10.1 Å². The largest absolute Gasteiger partial charge is 0.435 e. The first-order chi connectivity index (χ1) is 9.45. The zero-order chi connectivity index (χ0) is 14.7. The second kappa shape index (κ2) is 6.20. The topological polar surface area (TPSA) is 38.3 Å². The van der Waals surface area contributed by atoms with Gasteiger partial charge in [0.25, 0.3) is 0 Å². The Labute approximate surface area is 117 Å². The fraction of sp³-hybridized carbons (Fsp3) is 0.533. The van der Waals surface area contributed by atoms with E-state index < -0.39 is 6.61 Å². The van der Waals surface area contributed by atoms with Crippen molar-refractivity contribution in [1.29, 1.82) is 0 Å². The summed E-state index contributed by atoms with van der Waals surface area (Å²) >= 11 is 0. The van der Waals surface area contributed by atoms with Gasteiger partial charge in [0.1, 0.15) is 5.75 Å². The quantitative estimate of drug-likeness (QED) is 0.900. The third-order valence-corrected chi connectivity index (χ3v) is 3.50. The Kier molecular flexibility index (Phi) is 4.57. The summed E-state index contributed by atoms with van der Waals surface area (Å²) < 4.78 is 28.5. The van der Waals surface area contributed by atoms with Crippen LogP contribution in [0, 0.1) is 5.92 Å². The SMILES string of the molecule is CC(C)CC1NC(=O)CC1c1ccc(OC(F)F)cc1. The van der Waals surface area contributed by atoms with Crippen molar-refractivity contribution in [1.82, 2.24) is 5.32 Å². The molecule has 2 unspecified atom stereocenters. The number of benzene rings is 1. The van der Waals surface area contributed by atoms with Gasteiger partial charge >= 0.3 is 6.61 Å². The number of rotatable bonds is 5. The first-order valence-corrected chi connectivity index (χ1v) is 6.80. The summed E-state index contributed by atoms with van der Waals surface area (Å²) in [4.78, 5) is 11.6. The molecule has 1 saturated heterocycles. The summed E-state index contributed by atoms with van der Waals surface area (Å²) in [7, 11) is 0. The van der Waals surface area contributed by atoms with Crippen LogP contribution in [0.5, 0.6) is 5.75 Å². The average Bonchev–Trinajstić information content (AvgIpc) is 2.69. The smallest absolute Gasteiger partial charge is 0.387 e. The Morgan fingerprint density at radius 2 is 1.95 bits per heavy atom. The molecule has 0 saturated carbocycles. The molecule has 2 atom stereocenters. The van der Waals surface area contributed by atoms with E-state index in [1.807, 2.05) is 0 Å². The minimum atomic E-state index is -2.82. The lowest BCUT2D eigenvalue weighted by atomic mass is 9.87. The molecule has 1 N–H and O–H groups in total. The van der Waals surface area contributed by atoms with Crippen molar-refractivity contribution in [2.75, 3.05) is 0 Å². The lowest BCUT2D eigenvalue weighted by molar-refractivity contribution is -0.119. The van der Waals surface area contributed by atoms with E-state index in [2.05, 4.69) is 23.9 Å². The summed E-state index contributed by atoms with van der Waals surface area (Å²) in [5.41, 5.74) is 0.982. The number of nitrogens with one attached hydrogen (secondary N) is 1. The van der Waals surface area contributed by atoms with Crippen molar-refractivity contribution in [2.24, 2.45) is 5.92 Å². The Hall–Kier alpha value is -1.65. The number of hydrogen-bond acceptors (Lipinski definition) is 2. The maximum Gasteiger partial charge on any atom is 0.387 e. The van der Waals surface area contributed by atoms with Gasteiger partial charge in [0.2, 0.25) is 5.91 Å². The minimum Gasteiger partial charge on any atom is -0.435 e. The summed E-state index contributed by atoms with van der Waals surface area (Å²) in [6.45, 7) is 1.41. The van der Waals surface area contributed by atoms with E-state index in [1.54, 1.807) is 12.1 Å². The molecule has 1 aromatic carbocycles. The van der Waals surface area contributed by atoms with Crippen molar-refractivity contribution >= 4 is 5.91 Å². The number of alkyl halides is 2. The van der Waals surface area contributed by atoms with Crippen LogP contribution in [0.4, 0.5) is 8.78 Å². The van der Waals surface area contributed by atoms with Crippen LogP contribution < -0.4 is 10.1 Å². The summed E-state index contributed by atoms with van der Waals surface area (Å²) in [5.74, 6) is 0.780. The van der Waals surface area contributed by atoms with Gasteiger partial charge in [0.15, 0.2) is 0 Å². The van der Waals surface area contributed by atoms with Gasteiger partial charge in [-0.3, -0.25) is 4.79 Å². The predicted octanol–water partition coefficient (Wildman–Crippen LogP) is 3.31. The fourth-order valence-electron chi connectivity index (χ4n) is 2.69. The molecule has 0 aromatic heterocycles. The van der Waals surface area contributed by atoms with E-state index in [0.717, 1.165) is 12.0 Å². The van der Waals surface area contributed by atoms with Gasteiger partial charge in [-0.05, 0) is 30.0 Å². The molecule has 20 heavy (non-hydrogen) atoms. The van der Waals surface area contributed by atoms with Crippen LogP contribution in [0.15, 0.2) is 24.3 Å². The molecule has 3 nitrogen and oxygen atoms in total. The second-order valence-corrected chi connectivity index (χ2v) is 5.56. The fourth-order valence-corrected chi connectivity index (χ4v) is 2.69. The molecule has 1 aromatic rings. The highest BCUT2D eigenvalue weighted by molar-refractivity contribution is 5.80. The summed E-state index contributed by atoms with van der Waals surface area (Å²) in [6, 6.07) is 6.68. The van der Waals surface area contributed by atoms with Crippen LogP contribution in [-0.4, -0.2) is 18.6 Å². The van der Waals surface area contributed by atoms with Gasteiger partial charge in [-0.2, -0.15) is 8.78 Å². The van der Waals surface area contributed by atoms with Crippen molar-refractivity contribution < 1.29 is 18.3 Å². The zero-order valence-corrected chi connectivity index (χ0v) is 11.6. The molecular weight excluding hydrogens is 264 g/mol. The zero-order valence-electron chi connectivity index (χ0n) is 11.6. The number of hydrogen-bond donors (Lipinski definition) is 1. The molecule has 0 bridgehead atoms. The monoisotopic (exact) mass is 283 g/mol. The average molecular weight is 283 g/mol. The molecule has 1 heterocycles. The first-order valence-electron chi connectivity index (χ1n) is 6.80. The Morgan fingerprint density at radius 3 is 2.50 bits per heavy atom. The summed E-state index contributed by atoms with van der Waals surface area (Å²) in [6.07, 6.45) is 1.36. The van der Waals surface area contributed by atoms with Gasteiger partial charge in [-0.25, -0.2) is 0 Å². The molecule has 1 fully saturated rings. The highest BCUT2D eigenvalue weighted by atomic mass is 19.3. The second-order valence-electron chi connectivity index (χ2n) is 5.56. The molecule has 0 spiro atoms. The van der Waals surface area contributed by atoms with E-state index in [9.17, 15) is 13.6 Å². The molecule has 5 heteroatoms. The maximum atomic E-state index is 12.1. The van der Waals surface area contributed by atoms with Crippen molar-refractivity contribution in [3.8, 4) is 5.75 Å². The maximum absolute atomic E-state index is 12.1. The van der Waals surface area contributed by atoms with E-state index in [1.165, 1.54) is 12.1 Å². The van der Waals surface area contributed by atoms with Crippen LogP contribution in [0.2, 0.25) is 0 Å². The van der Waals surface area contributed by atoms with Crippen LogP contribution in [0.3, 0.4) is 0 Å². The number of halogens is 2. The van der Waals surface area contributed by atoms with Crippen molar-refractivity contribution in [2.45, 2.75) is 45.3 Å². The van der Waals surface area contributed by atoms with Gasteiger partial charge in [0.05, 0.1) is 0 Å². The Bertz CT molecular complexity index is 459. The highest BCUT2D eigenvalue weighted by Gasteiger charge is 2.33. The molecule has 1 aliphatic rings. The highest BCUT2D eigenvalue weighted by Crippen LogP contribution is 2.32. The van der Waals surface area contributed by atoms with Crippen molar-refractivity contribution in [3.63, 3.8) is 0 Å². The lowest BCUT2D eigenvalue weighted by Crippen LogP contribution is -2.29. The molecule has 110 valence electrons. The van der Waals surface area contributed by atoms with Crippen LogP contribution in [0.25, 0.3) is 0 Å². The third-order valence-electron chi connectivity index (χ3n) is 3.50. The standard InChI is InChI=1S/C15H19F2NO2/c1-9(2)7-13-12(8-14(19)18-13)10-3-5-11(6-4-10)20-15(16)17/h3-6,9,12-13,15H,7-8H2,1-2H3,(H,18,19). The Balaban J connectivity index is 2.10. The van der Waals surface area contributed by atoms with Crippen LogP contribution in [-0.2, 0) is 4.79 Å². The van der Waals surface area contributed by atoms with Gasteiger partial charge in [0, 0.05) is 18.4 Å². The number of carbonyl (C=O) groups excluding carboxylic acids is 1. The van der Waals surface area contributed by atoms with Gasteiger partial charge in [-0.1, -0.05) is 26.0 Å². The molecule has 0 radical (unpaired) electrons. The molecule has 1 aliphatic heterocycles. The predicted molar refractivity (Wildman–Crippen MR) is 71.8 cm³/mol. The third kappa shape index (κ3) is 3.68. The van der Waals surface area contributed by atoms with E-state index in [0.29, 0.717) is 12.3 Å².